The number of amides is 2. The molecule has 0 aliphatic carbocycles. The van der Waals surface area contributed by atoms with E-state index in [0.29, 0.717) is 5.52 Å². The van der Waals surface area contributed by atoms with E-state index < -0.39 is 47.0 Å². The third-order valence-corrected chi connectivity index (χ3v) is 4.51. The second-order valence-electron chi connectivity index (χ2n) is 6.73. The number of benzene rings is 2. The van der Waals surface area contributed by atoms with Crippen molar-refractivity contribution in [1.29, 1.82) is 0 Å². The number of carbonyl (C=O) groups is 4. The van der Waals surface area contributed by atoms with E-state index in [4.69, 9.17) is 5.11 Å². The summed E-state index contributed by atoms with van der Waals surface area (Å²) in [6.45, 7) is 0. The Kier molecular flexibility index (Phi) is 7.03. The summed E-state index contributed by atoms with van der Waals surface area (Å²) in [6, 6.07) is 3.67. The predicted octanol–water partition coefficient (Wildman–Crippen LogP) is 3.03. The van der Waals surface area contributed by atoms with Crippen molar-refractivity contribution in [3.8, 4) is 0 Å². The first-order valence-corrected chi connectivity index (χ1v) is 9.37. The van der Waals surface area contributed by atoms with Gasteiger partial charge in [0.25, 0.3) is 0 Å². The molecule has 4 rings (SSSR count). The molecular weight excluding hydrogens is 480 g/mol. The average Bonchev–Trinajstić information content (AvgIpc) is 3.37. The highest BCUT2D eigenvalue weighted by molar-refractivity contribution is 6.38. The number of hydrogen-bond acceptors (Lipinski definition) is 5. The van der Waals surface area contributed by atoms with E-state index in [0.717, 1.165) is 31.4 Å². The van der Waals surface area contributed by atoms with Gasteiger partial charge in [-0.25, -0.2) is 27.2 Å². The van der Waals surface area contributed by atoms with E-state index in [-0.39, 0.29) is 27.7 Å². The zero-order valence-corrected chi connectivity index (χ0v) is 17.5. The van der Waals surface area contributed by atoms with Crippen molar-refractivity contribution in [1.82, 2.24) is 9.97 Å². The number of carboxylic acids is 1. The number of nitrogens with one attached hydrogen (secondary N) is 4. The molecule has 2 amide bonds. The number of H-pyrrole nitrogens is 2. The summed E-state index contributed by atoms with van der Waals surface area (Å²) in [6.07, 6.45) is 2.58. The lowest BCUT2D eigenvalue weighted by Crippen LogP contribution is -2.23. The van der Waals surface area contributed by atoms with Crippen LogP contribution in [0, 0.1) is 23.3 Å². The van der Waals surface area contributed by atoms with Crippen LogP contribution in [0.15, 0.2) is 36.7 Å². The molecule has 10 nitrogen and oxygen atoms in total. The first-order valence-electron chi connectivity index (χ1n) is 9.37. The molecule has 35 heavy (non-hydrogen) atoms. The monoisotopic (exact) mass is 494 g/mol. The number of fused-ring (bicyclic) bond motifs is 2. The molecule has 0 spiro atoms. The molecule has 0 unspecified atom stereocenters. The van der Waals surface area contributed by atoms with E-state index in [9.17, 15) is 36.7 Å². The third-order valence-electron chi connectivity index (χ3n) is 4.51. The second-order valence-corrected chi connectivity index (χ2v) is 6.73. The molecule has 0 aliphatic heterocycles. The maximum Gasteiger partial charge on any atom is 0.396 e. The van der Waals surface area contributed by atoms with Crippen molar-refractivity contribution >= 4 is 56.9 Å². The fourth-order valence-corrected chi connectivity index (χ4v) is 2.88. The average molecular weight is 494 g/mol. The van der Waals surface area contributed by atoms with Crippen molar-refractivity contribution in [3.05, 3.63) is 59.9 Å². The van der Waals surface area contributed by atoms with Crippen molar-refractivity contribution in [2.75, 3.05) is 17.7 Å². The summed E-state index contributed by atoms with van der Waals surface area (Å²) in [5.41, 5.74) is 0.796. The molecule has 2 aromatic carbocycles. The topological polar surface area (TPSA) is 153 Å². The Hall–Kier alpha value is -4.88. The van der Waals surface area contributed by atoms with E-state index in [2.05, 4.69) is 25.3 Å². The van der Waals surface area contributed by atoms with Crippen LogP contribution in [-0.4, -0.2) is 45.9 Å². The molecule has 0 radical (unpaired) electrons. The van der Waals surface area contributed by atoms with Crippen molar-refractivity contribution in [3.63, 3.8) is 0 Å². The van der Waals surface area contributed by atoms with Gasteiger partial charge in [-0.1, -0.05) is 0 Å². The van der Waals surface area contributed by atoms with Gasteiger partial charge in [0.15, 0.2) is 23.3 Å². The number of aromatic amines is 2. The molecular formula is C21H14F4N4O6. The maximum atomic E-state index is 13.1. The summed E-state index contributed by atoms with van der Waals surface area (Å²) in [5.74, 6) is -9.16. The van der Waals surface area contributed by atoms with Crippen LogP contribution in [0.2, 0.25) is 0 Å². The highest BCUT2D eigenvalue weighted by Gasteiger charge is 2.17. The lowest BCUT2D eigenvalue weighted by molar-refractivity contribution is -0.150. The van der Waals surface area contributed by atoms with Gasteiger partial charge >= 0.3 is 23.8 Å². The Bertz CT molecular complexity index is 1480. The Balaban J connectivity index is 0.000000196. The summed E-state index contributed by atoms with van der Waals surface area (Å²) in [7, 11) is 1.06. The van der Waals surface area contributed by atoms with Gasteiger partial charge in [-0.05, 0) is 12.1 Å². The Morgan fingerprint density at radius 1 is 0.743 bits per heavy atom. The molecule has 2 aromatic heterocycles. The number of carboxylic acid groups (broad SMARTS) is 1. The van der Waals surface area contributed by atoms with Crippen LogP contribution in [0.4, 0.5) is 28.9 Å². The lowest BCUT2D eigenvalue weighted by atomic mass is 10.2. The van der Waals surface area contributed by atoms with Gasteiger partial charge in [-0.3, -0.25) is 9.59 Å². The molecule has 5 N–H and O–H groups in total. The van der Waals surface area contributed by atoms with Crippen LogP contribution in [0.3, 0.4) is 0 Å². The van der Waals surface area contributed by atoms with Crippen LogP contribution in [-0.2, 0) is 23.9 Å². The van der Waals surface area contributed by atoms with E-state index in [1.165, 1.54) is 12.4 Å². The highest BCUT2D eigenvalue weighted by atomic mass is 19.2. The minimum atomic E-state index is -1.66. The van der Waals surface area contributed by atoms with Gasteiger partial charge in [0.05, 0.1) is 29.5 Å². The normalized spacial score (nSPS) is 10.4. The number of esters is 1. The van der Waals surface area contributed by atoms with Crippen LogP contribution >= 0.6 is 0 Å². The van der Waals surface area contributed by atoms with E-state index in [1.54, 1.807) is 0 Å². The fourth-order valence-electron chi connectivity index (χ4n) is 2.88. The molecule has 0 fully saturated rings. The number of ether oxygens (including phenoxy) is 1. The van der Waals surface area contributed by atoms with Gasteiger partial charge in [-0.2, -0.15) is 0 Å². The SMILES string of the molecule is COC(=O)C(=O)Nc1c[nH]c2cc(F)c(F)cc12.O=C(O)C(=O)Nc1c[nH]c2cc(F)c(F)cc12. The number of hydrogen-bond donors (Lipinski definition) is 5. The molecule has 2 heterocycles. The highest BCUT2D eigenvalue weighted by Crippen LogP contribution is 2.26. The van der Waals surface area contributed by atoms with E-state index in [1.807, 2.05) is 0 Å². The molecule has 0 atom stereocenters. The standard InChI is InChI=1S/C11H8F2N2O3.C10H6F2N2O3/c1-18-11(17)10(16)15-9-4-14-8-3-7(13)6(12)2-5(8)9;11-5-1-4-7(2-6(5)12)13-3-8(4)14-9(15)10(16)17/h2-4,14H,1H3,(H,15,16);1-3,13H,(H,14,15)(H,16,17). The number of aliphatic carboxylic acids is 1. The molecule has 4 aromatic rings. The summed E-state index contributed by atoms with van der Waals surface area (Å²) in [4.78, 5) is 48.7. The van der Waals surface area contributed by atoms with Crippen molar-refractivity contribution in [2.45, 2.75) is 0 Å². The van der Waals surface area contributed by atoms with Gasteiger partial charge in [0, 0.05) is 35.3 Å². The van der Waals surface area contributed by atoms with Gasteiger partial charge in [0.1, 0.15) is 0 Å². The summed E-state index contributed by atoms with van der Waals surface area (Å²) >= 11 is 0. The smallest absolute Gasteiger partial charge is 0.396 e. The number of halogens is 4. The molecule has 0 saturated carbocycles. The number of aromatic nitrogens is 2. The zero-order valence-electron chi connectivity index (χ0n) is 17.5. The van der Waals surface area contributed by atoms with Crippen LogP contribution in [0.5, 0.6) is 0 Å². The Labute approximate surface area is 191 Å². The molecule has 0 bridgehead atoms. The van der Waals surface area contributed by atoms with Crippen molar-refractivity contribution < 1.29 is 46.6 Å². The molecule has 0 aliphatic rings. The Morgan fingerprint density at radius 2 is 1.14 bits per heavy atom. The largest absolute Gasteiger partial charge is 0.474 e. The minimum absolute atomic E-state index is 0.0753. The third kappa shape index (κ3) is 5.38. The van der Waals surface area contributed by atoms with Gasteiger partial charge < -0.3 is 30.4 Å². The number of methoxy groups -OCH3 is 1. The molecule has 182 valence electrons. The lowest BCUT2D eigenvalue weighted by Gasteiger charge is -2.01. The first-order chi connectivity index (χ1) is 16.5. The quantitative estimate of drug-likeness (QED) is 0.164. The van der Waals surface area contributed by atoms with E-state index >= 15 is 0 Å². The number of anilines is 2. The van der Waals surface area contributed by atoms with Crippen LogP contribution in [0.25, 0.3) is 21.8 Å². The van der Waals surface area contributed by atoms with Crippen LogP contribution in [0.1, 0.15) is 0 Å². The predicted molar refractivity (Wildman–Crippen MR) is 113 cm³/mol. The van der Waals surface area contributed by atoms with Crippen molar-refractivity contribution in [2.24, 2.45) is 0 Å². The van der Waals surface area contributed by atoms with Crippen LogP contribution < -0.4 is 10.6 Å². The summed E-state index contributed by atoms with van der Waals surface area (Å²) < 4.78 is 56.1. The van der Waals surface area contributed by atoms with Gasteiger partial charge in [0.2, 0.25) is 0 Å². The molecule has 14 heteroatoms. The number of rotatable bonds is 2. The zero-order chi connectivity index (χ0) is 25.9. The van der Waals surface area contributed by atoms with Gasteiger partial charge in [-0.15, -0.1) is 0 Å². The first kappa shape index (κ1) is 24.8. The maximum absolute atomic E-state index is 13.1. The minimum Gasteiger partial charge on any atom is -0.474 e. The Morgan fingerprint density at radius 3 is 1.54 bits per heavy atom. The molecule has 0 saturated heterocycles. The fraction of sp³-hybridized carbons (Fsp3) is 0.0476. The second kappa shape index (κ2) is 9.94. The number of carbonyl (C=O) groups excluding carboxylic acids is 3. The summed E-state index contributed by atoms with van der Waals surface area (Å²) in [5, 5.41) is 13.1.